The molecule has 1 N–H and O–H groups in total. The molecule has 0 saturated heterocycles. The van der Waals surface area contributed by atoms with Crippen LogP contribution in [0.15, 0.2) is 47.7 Å². The summed E-state index contributed by atoms with van der Waals surface area (Å²) < 4.78 is 2.19. The van der Waals surface area contributed by atoms with E-state index in [4.69, 9.17) is 0 Å². The summed E-state index contributed by atoms with van der Waals surface area (Å²) in [5.74, 6) is 0.444. The first-order valence-corrected chi connectivity index (χ1v) is 8.53. The summed E-state index contributed by atoms with van der Waals surface area (Å²) >= 11 is 0. The summed E-state index contributed by atoms with van der Waals surface area (Å²) in [4.78, 5) is 14.1. The number of anilines is 1. The monoisotopic (exact) mass is 363 g/mol. The van der Waals surface area contributed by atoms with E-state index in [0.717, 1.165) is 22.6 Å². The lowest BCUT2D eigenvalue weighted by Gasteiger charge is -2.11. The molecule has 7 heteroatoms. The normalized spacial score (nSPS) is 11.1. The van der Waals surface area contributed by atoms with Gasteiger partial charge in [0.05, 0.1) is 11.1 Å². The highest BCUT2D eigenvalue weighted by molar-refractivity contribution is 5.82. The van der Waals surface area contributed by atoms with Gasteiger partial charge in [-0.2, -0.15) is 5.10 Å². The Morgan fingerprint density at radius 3 is 2.52 bits per heavy atom. The van der Waals surface area contributed by atoms with Crippen LogP contribution in [0.5, 0.6) is 0 Å². The molecule has 2 aromatic heterocycles. The standard InChI is InChI=1S/C20H21N5O2/c1-13-5-6-18(9-14(13)2)24-15(3)10-17(16(24)4)11-22-23-20-8-7-19(12-21-20)25(26)27/h5-12H,1-4H3,(H,21,23). The number of rotatable bonds is 5. The van der Waals surface area contributed by atoms with Crippen LogP contribution < -0.4 is 5.43 Å². The van der Waals surface area contributed by atoms with Gasteiger partial charge in [0.15, 0.2) is 0 Å². The first-order valence-electron chi connectivity index (χ1n) is 8.53. The molecule has 0 radical (unpaired) electrons. The lowest BCUT2D eigenvalue weighted by Crippen LogP contribution is -2.01. The van der Waals surface area contributed by atoms with Crippen LogP contribution in [0.4, 0.5) is 11.5 Å². The quantitative estimate of drug-likeness (QED) is 0.412. The topological polar surface area (TPSA) is 85.3 Å². The van der Waals surface area contributed by atoms with Gasteiger partial charge in [0.25, 0.3) is 5.69 Å². The lowest BCUT2D eigenvalue weighted by atomic mass is 10.1. The fourth-order valence-corrected chi connectivity index (χ4v) is 2.91. The van der Waals surface area contributed by atoms with E-state index < -0.39 is 4.92 Å². The number of benzene rings is 1. The molecule has 3 rings (SSSR count). The van der Waals surface area contributed by atoms with Gasteiger partial charge in [-0.15, -0.1) is 0 Å². The van der Waals surface area contributed by atoms with E-state index in [1.807, 2.05) is 6.92 Å². The highest BCUT2D eigenvalue weighted by atomic mass is 16.6. The maximum Gasteiger partial charge on any atom is 0.287 e. The molecule has 0 bridgehead atoms. The summed E-state index contributed by atoms with van der Waals surface area (Å²) in [5.41, 5.74) is 9.57. The predicted molar refractivity (Wildman–Crippen MR) is 107 cm³/mol. The minimum Gasteiger partial charge on any atom is -0.318 e. The summed E-state index contributed by atoms with van der Waals surface area (Å²) in [6.07, 6.45) is 2.92. The average Bonchev–Trinajstić information content (AvgIpc) is 2.92. The van der Waals surface area contributed by atoms with Crippen molar-refractivity contribution >= 4 is 17.7 Å². The molecule has 0 aliphatic rings. The molecule has 0 aliphatic heterocycles. The predicted octanol–water partition coefficient (Wildman–Crippen LogP) is 4.46. The molecule has 0 saturated carbocycles. The van der Waals surface area contributed by atoms with Crippen molar-refractivity contribution in [1.82, 2.24) is 9.55 Å². The minimum absolute atomic E-state index is 0.0542. The Labute approximate surface area is 157 Å². The van der Waals surface area contributed by atoms with Crippen LogP contribution in [-0.2, 0) is 0 Å². The summed E-state index contributed by atoms with van der Waals surface area (Å²) in [6, 6.07) is 11.4. The third-order valence-electron chi connectivity index (χ3n) is 4.56. The number of hydrogen-bond acceptors (Lipinski definition) is 5. The van der Waals surface area contributed by atoms with E-state index >= 15 is 0 Å². The molecule has 0 unspecified atom stereocenters. The number of aryl methyl sites for hydroxylation is 3. The van der Waals surface area contributed by atoms with E-state index in [1.54, 1.807) is 6.21 Å². The second-order valence-electron chi connectivity index (χ2n) is 6.46. The molecule has 0 aliphatic carbocycles. The second kappa shape index (κ2) is 7.41. The molecule has 138 valence electrons. The van der Waals surface area contributed by atoms with Crippen molar-refractivity contribution in [3.05, 3.63) is 80.8 Å². The first-order chi connectivity index (χ1) is 12.9. The van der Waals surface area contributed by atoms with Crippen LogP contribution in [0, 0.1) is 37.8 Å². The highest BCUT2D eigenvalue weighted by Crippen LogP contribution is 2.22. The van der Waals surface area contributed by atoms with E-state index in [9.17, 15) is 10.1 Å². The number of hydrazone groups is 1. The zero-order chi connectivity index (χ0) is 19.6. The summed E-state index contributed by atoms with van der Waals surface area (Å²) in [5, 5.41) is 14.9. The minimum atomic E-state index is -0.484. The van der Waals surface area contributed by atoms with Gasteiger partial charge in [0.1, 0.15) is 12.0 Å². The second-order valence-corrected chi connectivity index (χ2v) is 6.46. The van der Waals surface area contributed by atoms with Gasteiger partial charge in [-0.05, 0) is 63.1 Å². The molecule has 1 aromatic carbocycles. The van der Waals surface area contributed by atoms with Crippen molar-refractivity contribution < 1.29 is 4.92 Å². The maximum atomic E-state index is 10.7. The maximum absolute atomic E-state index is 10.7. The Balaban J connectivity index is 1.80. The number of nitrogens with zero attached hydrogens (tertiary/aromatic N) is 4. The van der Waals surface area contributed by atoms with Crippen LogP contribution in [0.2, 0.25) is 0 Å². The smallest absolute Gasteiger partial charge is 0.287 e. The van der Waals surface area contributed by atoms with Crippen LogP contribution in [0.3, 0.4) is 0 Å². The molecular formula is C20H21N5O2. The molecule has 2 heterocycles. The van der Waals surface area contributed by atoms with Crippen molar-refractivity contribution in [3.8, 4) is 5.69 Å². The van der Waals surface area contributed by atoms with Crippen molar-refractivity contribution in [2.75, 3.05) is 5.43 Å². The van der Waals surface area contributed by atoms with E-state index in [0.29, 0.717) is 5.82 Å². The van der Waals surface area contributed by atoms with Crippen LogP contribution in [0.25, 0.3) is 5.69 Å². The van der Waals surface area contributed by atoms with E-state index in [1.165, 1.54) is 29.5 Å². The summed E-state index contributed by atoms with van der Waals surface area (Å²) in [6.45, 7) is 8.32. The van der Waals surface area contributed by atoms with Gasteiger partial charge < -0.3 is 4.57 Å². The Morgan fingerprint density at radius 1 is 1.11 bits per heavy atom. The third-order valence-corrected chi connectivity index (χ3v) is 4.56. The largest absolute Gasteiger partial charge is 0.318 e. The van der Waals surface area contributed by atoms with Crippen LogP contribution in [0.1, 0.15) is 28.1 Å². The molecule has 0 amide bonds. The van der Waals surface area contributed by atoms with Crippen molar-refractivity contribution in [1.29, 1.82) is 0 Å². The Kier molecular flexibility index (Phi) is 5.03. The number of aromatic nitrogens is 2. The summed E-state index contributed by atoms with van der Waals surface area (Å²) in [7, 11) is 0. The number of nitrogens with one attached hydrogen (secondary N) is 1. The fourth-order valence-electron chi connectivity index (χ4n) is 2.91. The number of hydrogen-bond donors (Lipinski definition) is 1. The molecule has 0 spiro atoms. The Morgan fingerprint density at radius 2 is 1.89 bits per heavy atom. The zero-order valence-electron chi connectivity index (χ0n) is 15.7. The van der Waals surface area contributed by atoms with Gasteiger partial charge in [-0.25, -0.2) is 4.98 Å². The van der Waals surface area contributed by atoms with Crippen LogP contribution >= 0.6 is 0 Å². The molecular weight excluding hydrogens is 342 g/mol. The average molecular weight is 363 g/mol. The van der Waals surface area contributed by atoms with Crippen molar-refractivity contribution in [3.63, 3.8) is 0 Å². The third kappa shape index (κ3) is 3.87. The Hall–Kier alpha value is -3.48. The molecule has 3 aromatic rings. The van der Waals surface area contributed by atoms with Crippen LogP contribution in [-0.4, -0.2) is 20.7 Å². The highest BCUT2D eigenvalue weighted by Gasteiger charge is 2.10. The lowest BCUT2D eigenvalue weighted by molar-refractivity contribution is -0.385. The van der Waals surface area contributed by atoms with Gasteiger partial charge >= 0.3 is 0 Å². The van der Waals surface area contributed by atoms with Crippen molar-refractivity contribution in [2.45, 2.75) is 27.7 Å². The number of nitro groups is 1. The zero-order valence-corrected chi connectivity index (χ0v) is 15.7. The van der Waals surface area contributed by atoms with Gasteiger partial charge in [0, 0.05) is 28.7 Å². The van der Waals surface area contributed by atoms with Gasteiger partial charge in [0.2, 0.25) is 0 Å². The first kappa shape index (κ1) is 18.3. The van der Waals surface area contributed by atoms with Crippen molar-refractivity contribution in [2.24, 2.45) is 5.10 Å². The van der Waals surface area contributed by atoms with Gasteiger partial charge in [-0.1, -0.05) is 6.07 Å². The Bertz CT molecular complexity index is 1020. The fraction of sp³-hybridized carbons (Fsp3) is 0.200. The van der Waals surface area contributed by atoms with E-state index in [2.05, 4.69) is 65.1 Å². The SMILES string of the molecule is Cc1ccc(-n2c(C)cc(C=NNc3ccc([N+](=O)[O-])cn3)c2C)cc1C. The molecule has 27 heavy (non-hydrogen) atoms. The molecule has 0 fully saturated rings. The molecule has 7 nitrogen and oxygen atoms in total. The molecule has 0 atom stereocenters. The number of pyridine rings is 1. The van der Waals surface area contributed by atoms with E-state index in [-0.39, 0.29) is 5.69 Å². The van der Waals surface area contributed by atoms with Gasteiger partial charge in [-0.3, -0.25) is 15.5 Å².